The molecule has 5 nitrogen and oxygen atoms in total. The van der Waals surface area contributed by atoms with Crippen LogP contribution in [-0.2, 0) is 37.3 Å². The second-order valence-corrected chi connectivity index (χ2v) is 22.3. The van der Waals surface area contributed by atoms with Gasteiger partial charge in [0.15, 0.2) is 0 Å². The van der Waals surface area contributed by atoms with E-state index in [2.05, 4.69) is 116 Å². The predicted molar refractivity (Wildman–Crippen MR) is 318 cm³/mol. The van der Waals surface area contributed by atoms with Crippen molar-refractivity contribution in [3.05, 3.63) is 247 Å². The Morgan fingerprint density at radius 2 is 1.08 bits per heavy atom. The summed E-state index contributed by atoms with van der Waals surface area (Å²) >= 11 is 0. The van der Waals surface area contributed by atoms with Gasteiger partial charge in [-0.1, -0.05) is 207 Å². The van der Waals surface area contributed by atoms with Gasteiger partial charge in [0.2, 0.25) is 0 Å². The minimum Gasteiger partial charge on any atom is -0.510 e. The van der Waals surface area contributed by atoms with Crippen LogP contribution in [0.2, 0.25) is 0 Å². The van der Waals surface area contributed by atoms with E-state index in [1.165, 1.54) is 16.7 Å². The number of para-hydroxylation sites is 1. The van der Waals surface area contributed by atoms with Gasteiger partial charge in [-0.15, -0.1) is 29.7 Å². The number of imidazole rings is 1. The molecule has 0 aliphatic carbocycles. The Kier molecular flexibility index (Phi) is 9.61. The SMILES string of the molecule is [2H]c1c([2H])c([2H])c(-c2cc(-c3c([2H])c([2H])c([2H])c([2H])c3[2H])c(-[n+]3[c-]n(-c4[c-]c(Oc5[c-]c6c(cc5)c5ccccc5n6-c5cc(C(C)(C)C)ccn5)ccc4)c4cc(-c5cc(C(C)(C)C)cc(C(C)(C)C)c5)ccc43)c(-c3c([2H])c([2H])c([2H])c([2H])c3[2H])c2)c([2H])c1[2H].[Pt]. The summed E-state index contributed by atoms with van der Waals surface area (Å²) in [5.74, 6) is 1.34. The van der Waals surface area contributed by atoms with Crippen molar-refractivity contribution < 1.29 is 50.9 Å². The van der Waals surface area contributed by atoms with Crippen LogP contribution in [0.3, 0.4) is 0 Å². The monoisotopic (exact) mass is 1210 g/mol. The zero-order valence-electron chi connectivity index (χ0n) is 59.6. The molecule has 3 heterocycles. The molecule has 78 heavy (non-hydrogen) atoms. The van der Waals surface area contributed by atoms with Crippen molar-refractivity contribution in [2.75, 3.05) is 0 Å². The van der Waals surface area contributed by atoms with Crippen molar-refractivity contribution in [3.63, 3.8) is 0 Å². The number of nitrogens with zero attached hydrogens (tertiary/aromatic N) is 4. The molecule has 12 rings (SSSR count). The van der Waals surface area contributed by atoms with E-state index in [4.69, 9.17) is 22.1 Å². The van der Waals surface area contributed by atoms with Gasteiger partial charge < -0.3 is 13.9 Å². The Morgan fingerprint density at radius 3 is 1.71 bits per heavy atom. The topological polar surface area (TPSA) is 35.9 Å². The molecule has 0 radical (unpaired) electrons. The van der Waals surface area contributed by atoms with Crippen molar-refractivity contribution in [1.82, 2.24) is 14.1 Å². The minimum absolute atomic E-state index is 0. The van der Waals surface area contributed by atoms with Gasteiger partial charge in [-0.25, -0.2) is 4.98 Å². The zero-order chi connectivity index (χ0) is 66.3. The summed E-state index contributed by atoms with van der Waals surface area (Å²) in [5.41, 5.74) is 5.24. The number of aromatic nitrogens is 4. The third-order valence-corrected chi connectivity index (χ3v) is 13.9. The Labute approximate surface area is 494 Å². The maximum Gasteiger partial charge on any atom is 0.268 e. The average molecular weight is 1210 g/mol. The number of pyridine rings is 1. The fourth-order valence-corrected chi connectivity index (χ4v) is 9.78. The molecule has 6 heteroatoms. The maximum absolute atomic E-state index is 9.53. The van der Waals surface area contributed by atoms with Gasteiger partial charge in [-0.2, -0.15) is 18.2 Å². The third-order valence-electron chi connectivity index (χ3n) is 13.9. The number of ether oxygens (including phenoxy) is 1. The van der Waals surface area contributed by atoms with E-state index in [0.717, 1.165) is 49.6 Å². The molecular formula is C72H62N4OPt-2. The summed E-state index contributed by atoms with van der Waals surface area (Å²) in [5, 5.41) is 1.93. The van der Waals surface area contributed by atoms with Gasteiger partial charge in [-0.05, 0) is 125 Å². The summed E-state index contributed by atoms with van der Waals surface area (Å²) in [6, 6.07) is 32.7. The standard InChI is InChI=1S/C72H62N4O.Pt/c1-70(2,3)54-36-37-73-68(44-54)76-64-31-20-19-30-60(64)61-34-33-59(46-66(61)76)77-58-29-21-28-57(45-58)74-47-75(65-35-32-51(42-67(65)74)52-38-55(71(4,5)6)43-56(39-52)72(7,8)9)69-62(49-24-15-11-16-25-49)40-53(48-22-13-10-14-23-48)41-63(69)50-26-17-12-18-27-50;/h10-44H,1-9H3;/q-2;/i10D,11D,12D,13D,14D,15D,16D,17D,18D,22D,23D,24D,25D,26D,27D;. The first-order valence-corrected chi connectivity index (χ1v) is 25.5. The van der Waals surface area contributed by atoms with E-state index in [1.807, 2.05) is 60.8 Å². The van der Waals surface area contributed by atoms with Crippen LogP contribution in [0.4, 0.5) is 0 Å². The van der Waals surface area contributed by atoms with Crippen LogP contribution in [0.15, 0.2) is 212 Å². The molecular weight excluding hydrogens is 1130 g/mol. The van der Waals surface area contributed by atoms with Gasteiger partial charge >= 0.3 is 0 Å². The Morgan fingerprint density at radius 1 is 0.487 bits per heavy atom. The molecule has 0 saturated heterocycles. The molecule has 0 saturated carbocycles. The first-order chi connectivity index (χ1) is 43.3. The number of rotatable bonds is 9. The van der Waals surface area contributed by atoms with Gasteiger partial charge in [0, 0.05) is 44.3 Å². The van der Waals surface area contributed by atoms with Crippen molar-refractivity contribution in [2.24, 2.45) is 0 Å². The van der Waals surface area contributed by atoms with Gasteiger partial charge in [-0.3, -0.25) is 4.57 Å². The van der Waals surface area contributed by atoms with E-state index in [1.54, 1.807) is 22.8 Å². The summed E-state index contributed by atoms with van der Waals surface area (Å²) in [6.07, 6.45) is 5.30. The van der Waals surface area contributed by atoms with E-state index in [9.17, 15) is 8.22 Å². The van der Waals surface area contributed by atoms with Crippen molar-refractivity contribution in [1.29, 1.82) is 0 Å². The average Bonchev–Trinajstić information content (AvgIpc) is 1.73. The van der Waals surface area contributed by atoms with E-state index in [0.29, 0.717) is 28.3 Å². The normalized spacial score (nSPS) is 14.8. The number of hydrogen-bond donors (Lipinski definition) is 0. The molecule has 388 valence electrons. The molecule has 12 aromatic rings. The van der Waals surface area contributed by atoms with E-state index >= 15 is 0 Å². The second-order valence-electron chi connectivity index (χ2n) is 22.3. The van der Waals surface area contributed by atoms with Crippen molar-refractivity contribution in [3.8, 4) is 73.2 Å². The molecule has 0 N–H and O–H groups in total. The van der Waals surface area contributed by atoms with E-state index in [-0.39, 0.29) is 71.0 Å². The van der Waals surface area contributed by atoms with Crippen LogP contribution in [0.25, 0.3) is 94.5 Å². The summed E-state index contributed by atoms with van der Waals surface area (Å²) in [6.45, 7) is 19.4. The molecule has 0 aliphatic rings. The van der Waals surface area contributed by atoms with Gasteiger partial charge in [0.1, 0.15) is 5.82 Å². The first-order valence-electron chi connectivity index (χ1n) is 33.0. The molecule has 9 aromatic carbocycles. The van der Waals surface area contributed by atoms with Crippen LogP contribution in [-0.4, -0.2) is 14.1 Å². The largest absolute Gasteiger partial charge is 0.510 e. The molecule has 0 aliphatic heterocycles. The summed E-state index contributed by atoms with van der Waals surface area (Å²) in [7, 11) is 0. The maximum atomic E-state index is 9.53. The Bertz CT molecular complexity index is 4900. The molecule has 0 fully saturated rings. The van der Waals surface area contributed by atoms with Crippen LogP contribution in [0, 0.1) is 18.5 Å². The fourth-order valence-electron chi connectivity index (χ4n) is 9.78. The first kappa shape index (κ1) is 36.8. The number of fused-ring (bicyclic) bond motifs is 4. The molecule has 0 spiro atoms. The minimum atomic E-state index is -0.728. The summed E-state index contributed by atoms with van der Waals surface area (Å²) < 4.78 is 148. The van der Waals surface area contributed by atoms with Gasteiger partial charge in [0.05, 0.1) is 37.3 Å². The second kappa shape index (κ2) is 20.4. The third kappa shape index (κ3) is 9.93. The van der Waals surface area contributed by atoms with Crippen molar-refractivity contribution >= 4 is 32.8 Å². The Hall–Kier alpha value is -8.11. The fraction of sp³-hybridized carbons (Fsp3) is 0.167. The molecule has 0 amide bonds. The molecule has 0 atom stereocenters. The van der Waals surface area contributed by atoms with Crippen LogP contribution >= 0.6 is 0 Å². The number of hydrogen-bond acceptors (Lipinski definition) is 2. The van der Waals surface area contributed by atoms with Crippen molar-refractivity contribution in [2.45, 2.75) is 78.6 Å². The molecule has 0 bridgehead atoms. The summed E-state index contributed by atoms with van der Waals surface area (Å²) in [4.78, 5) is 4.84. The number of benzene rings is 9. The smallest absolute Gasteiger partial charge is 0.268 e. The Balaban J connectivity index is 0.00000884. The predicted octanol–water partition coefficient (Wildman–Crippen LogP) is 18.2. The quantitative estimate of drug-likeness (QED) is 0.107. The van der Waals surface area contributed by atoms with E-state index < -0.39 is 102 Å². The zero-order valence-corrected chi connectivity index (χ0v) is 46.8. The van der Waals surface area contributed by atoms with Crippen LogP contribution in [0.1, 0.15) is 99.6 Å². The van der Waals surface area contributed by atoms with Gasteiger partial charge in [0.25, 0.3) is 6.33 Å². The van der Waals surface area contributed by atoms with Crippen LogP contribution < -0.4 is 9.30 Å². The van der Waals surface area contributed by atoms with Crippen LogP contribution in [0.5, 0.6) is 11.5 Å². The molecule has 0 unspecified atom stereocenters. The molecule has 3 aromatic heterocycles.